The summed E-state index contributed by atoms with van der Waals surface area (Å²) in [6, 6.07) is 10.4. The van der Waals surface area contributed by atoms with E-state index in [0.717, 1.165) is 38.2 Å². The van der Waals surface area contributed by atoms with Crippen molar-refractivity contribution in [2.75, 3.05) is 45.2 Å². The molecule has 4 rings (SSSR count). The molecule has 2 amide bonds. The summed E-state index contributed by atoms with van der Waals surface area (Å²) in [4.78, 5) is 35.0. The molecule has 2 saturated heterocycles. The molecule has 1 N–H and O–H groups in total. The molecular formula is C26H32Cl2N4O3. The van der Waals surface area contributed by atoms with Crippen LogP contribution < -0.4 is 4.90 Å². The van der Waals surface area contributed by atoms with Gasteiger partial charge in [-0.05, 0) is 67.9 Å². The number of anilines is 1. The summed E-state index contributed by atoms with van der Waals surface area (Å²) < 4.78 is 0. The molecule has 0 bridgehead atoms. The molecule has 7 nitrogen and oxygen atoms in total. The average Bonchev–Trinajstić information content (AvgIpc) is 2.80. The quantitative estimate of drug-likeness (QED) is 0.583. The normalized spacial score (nSPS) is 18.7. The summed E-state index contributed by atoms with van der Waals surface area (Å²) in [7, 11) is 3.38. The van der Waals surface area contributed by atoms with Gasteiger partial charge in [0.25, 0.3) is 11.8 Å². The molecule has 1 aromatic carbocycles. The summed E-state index contributed by atoms with van der Waals surface area (Å²) in [5.41, 5.74) is -0.658. The van der Waals surface area contributed by atoms with E-state index in [9.17, 15) is 14.7 Å². The predicted molar refractivity (Wildman–Crippen MR) is 138 cm³/mol. The molecule has 35 heavy (non-hydrogen) atoms. The average molecular weight is 519 g/mol. The number of benzene rings is 1. The number of piperidine rings is 1. The lowest BCUT2D eigenvalue weighted by Gasteiger charge is -2.44. The first-order chi connectivity index (χ1) is 16.6. The molecule has 1 unspecified atom stereocenters. The summed E-state index contributed by atoms with van der Waals surface area (Å²) in [6.45, 7) is 4.65. The lowest BCUT2D eigenvalue weighted by Crippen LogP contribution is -2.56. The second-order valence-corrected chi connectivity index (χ2v) is 10.8. The van der Waals surface area contributed by atoms with Crippen LogP contribution in [0.3, 0.4) is 0 Å². The number of carbonyl (C=O) groups is 2. The van der Waals surface area contributed by atoms with E-state index in [1.807, 2.05) is 6.07 Å². The Bertz CT molecular complexity index is 1090. The maximum atomic E-state index is 12.9. The molecule has 3 heterocycles. The van der Waals surface area contributed by atoms with Crippen molar-refractivity contribution in [3.8, 4) is 0 Å². The fourth-order valence-electron chi connectivity index (χ4n) is 4.98. The maximum absolute atomic E-state index is 12.9. The Kier molecular flexibility index (Phi) is 7.60. The molecule has 2 aliphatic rings. The summed E-state index contributed by atoms with van der Waals surface area (Å²) in [5.74, 6) is 1.41. The zero-order chi connectivity index (χ0) is 25.3. The number of hydrogen-bond donors (Lipinski definition) is 1. The number of halogens is 2. The second-order valence-electron chi connectivity index (χ2n) is 10.0. The Balaban J connectivity index is 1.25. The highest BCUT2D eigenvalue weighted by Crippen LogP contribution is 2.34. The number of aromatic nitrogens is 1. The first-order valence-electron chi connectivity index (χ1n) is 12.0. The monoisotopic (exact) mass is 518 g/mol. The number of amides is 2. The molecule has 188 valence electrons. The smallest absolute Gasteiger partial charge is 0.258 e. The number of carbonyl (C=O) groups excluding carboxylic acids is 2. The van der Waals surface area contributed by atoms with Crippen LogP contribution in [0.5, 0.6) is 0 Å². The van der Waals surface area contributed by atoms with Crippen molar-refractivity contribution in [1.29, 1.82) is 0 Å². The van der Waals surface area contributed by atoms with E-state index in [-0.39, 0.29) is 17.0 Å². The van der Waals surface area contributed by atoms with Crippen LogP contribution >= 0.6 is 23.2 Å². The highest BCUT2D eigenvalue weighted by Gasteiger charge is 2.42. The van der Waals surface area contributed by atoms with Gasteiger partial charge in [0, 0.05) is 45.3 Å². The van der Waals surface area contributed by atoms with Crippen molar-refractivity contribution in [3.63, 3.8) is 0 Å². The Morgan fingerprint density at radius 3 is 2.40 bits per heavy atom. The maximum Gasteiger partial charge on any atom is 0.258 e. The van der Waals surface area contributed by atoms with E-state index >= 15 is 0 Å². The van der Waals surface area contributed by atoms with Gasteiger partial charge in [0.05, 0.1) is 5.56 Å². The largest absolute Gasteiger partial charge is 0.376 e. The number of hydrogen-bond acceptors (Lipinski definition) is 5. The van der Waals surface area contributed by atoms with E-state index < -0.39 is 5.60 Å². The van der Waals surface area contributed by atoms with E-state index in [0.29, 0.717) is 41.1 Å². The van der Waals surface area contributed by atoms with Crippen LogP contribution in [-0.2, 0) is 10.4 Å². The van der Waals surface area contributed by atoms with Gasteiger partial charge in [-0.25, -0.2) is 4.98 Å². The zero-order valence-electron chi connectivity index (χ0n) is 20.4. The molecule has 0 radical (unpaired) electrons. The van der Waals surface area contributed by atoms with Gasteiger partial charge in [0.1, 0.15) is 11.0 Å². The Morgan fingerprint density at radius 1 is 1.11 bits per heavy atom. The van der Waals surface area contributed by atoms with Crippen LogP contribution in [-0.4, -0.2) is 72.0 Å². The van der Waals surface area contributed by atoms with Gasteiger partial charge >= 0.3 is 0 Å². The molecule has 0 aliphatic carbocycles. The fourth-order valence-corrected chi connectivity index (χ4v) is 5.40. The standard InChI is InChI=1S/C26H32Cl2N4O3/c1-26(35,19-5-4-6-20(27)14-19)25(34)32-15-18(16-32)13-17-9-11-31(12-10-17)22-8-7-21(23(28)29-22)24(33)30(2)3/h4-8,14,17-18,35H,9-13,15-16H2,1-3H3. The number of rotatable bonds is 6. The molecule has 0 saturated carbocycles. The van der Waals surface area contributed by atoms with Crippen LogP contribution in [0.2, 0.25) is 10.2 Å². The van der Waals surface area contributed by atoms with Crippen molar-refractivity contribution in [3.05, 3.63) is 57.7 Å². The van der Waals surface area contributed by atoms with Crippen LogP contribution in [0.15, 0.2) is 36.4 Å². The minimum Gasteiger partial charge on any atom is -0.376 e. The zero-order valence-corrected chi connectivity index (χ0v) is 21.9. The van der Waals surface area contributed by atoms with Crippen LogP contribution in [0, 0.1) is 11.8 Å². The van der Waals surface area contributed by atoms with Crippen LogP contribution in [0.25, 0.3) is 0 Å². The first kappa shape index (κ1) is 25.7. The topological polar surface area (TPSA) is 77.0 Å². The molecular weight excluding hydrogens is 487 g/mol. The van der Waals surface area contributed by atoms with Gasteiger partial charge < -0.3 is 19.8 Å². The van der Waals surface area contributed by atoms with Gasteiger partial charge in [-0.3, -0.25) is 9.59 Å². The molecule has 1 aromatic heterocycles. The van der Waals surface area contributed by atoms with Gasteiger partial charge in [0.15, 0.2) is 5.60 Å². The predicted octanol–water partition coefficient (Wildman–Crippen LogP) is 4.06. The fraction of sp³-hybridized carbons (Fsp3) is 0.500. The van der Waals surface area contributed by atoms with E-state index in [1.54, 1.807) is 49.3 Å². The summed E-state index contributed by atoms with van der Waals surface area (Å²) >= 11 is 12.3. The minimum absolute atomic E-state index is 0.158. The number of likely N-dealkylation sites (tertiary alicyclic amines) is 1. The third-order valence-electron chi connectivity index (χ3n) is 7.12. The molecule has 2 aliphatic heterocycles. The minimum atomic E-state index is -1.58. The van der Waals surface area contributed by atoms with Gasteiger partial charge in [-0.1, -0.05) is 35.3 Å². The summed E-state index contributed by atoms with van der Waals surface area (Å²) in [5, 5.41) is 11.6. The molecule has 2 fully saturated rings. The number of pyridine rings is 1. The van der Waals surface area contributed by atoms with Crippen molar-refractivity contribution < 1.29 is 14.7 Å². The van der Waals surface area contributed by atoms with E-state index in [4.69, 9.17) is 23.2 Å². The van der Waals surface area contributed by atoms with Gasteiger partial charge in [-0.2, -0.15) is 0 Å². The number of aliphatic hydroxyl groups is 1. The SMILES string of the molecule is CN(C)C(=O)c1ccc(N2CCC(CC3CN(C(=O)C(C)(O)c4cccc(Cl)c4)C3)CC2)nc1Cl. The summed E-state index contributed by atoms with van der Waals surface area (Å²) in [6.07, 6.45) is 3.16. The van der Waals surface area contributed by atoms with Crippen LogP contribution in [0.4, 0.5) is 5.82 Å². The second kappa shape index (κ2) is 10.3. The number of nitrogens with zero attached hydrogens (tertiary/aromatic N) is 4. The highest BCUT2D eigenvalue weighted by molar-refractivity contribution is 6.32. The molecule has 9 heteroatoms. The third kappa shape index (κ3) is 5.57. The molecule has 0 spiro atoms. The first-order valence-corrected chi connectivity index (χ1v) is 12.7. The molecule has 1 atom stereocenters. The van der Waals surface area contributed by atoms with Crippen molar-refractivity contribution in [2.24, 2.45) is 11.8 Å². The van der Waals surface area contributed by atoms with Gasteiger partial charge in [0.2, 0.25) is 0 Å². The lowest BCUT2D eigenvalue weighted by atomic mass is 9.82. The van der Waals surface area contributed by atoms with Crippen molar-refractivity contribution in [1.82, 2.24) is 14.8 Å². The Hall–Kier alpha value is -2.35. The van der Waals surface area contributed by atoms with E-state index in [2.05, 4.69) is 9.88 Å². The molecule has 2 aromatic rings. The third-order valence-corrected chi connectivity index (χ3v) is 7.65. The van der Waals surface area contributed by atoms with Gasteiger partial charge in [-0.15, -0.1) is 0 Å². The van der Waals surface area contributed by atoms with E-state index in [1.165, 1.54) is 11.8 Å². The Labute approximate surface area is 216 Å². The van der Waals surface area contributed by atoms with Crippen molar-refractivity contribution >= 4 is 40.8 Å². The lowest BCUT2D eigenvalue weighted by molar-refractivity contribution is -0.157. The van der Waals surface area contributed by atoms with Crippen molar-refractivity contribution in [2.45, 2.75) is 31.8 Å². The Morgan fingerprint density at radius 2 is 1.80 bits per heavy atom. The van der Waals surface area contributed by atoms with Crippen LogP contribution in [0.1, 0.15) is 42.1 Å². The highest BCUT2D eigenvalue weighted by atomic mass is 35.5.